The van der Waals surface area contributed by atoms with Gasteiger partial charge < -0.3 is 26.6 Å². The number of sulfone groups is 1. The Morgan fingerprint density at radius 2 is 1.56 bits per heavy atom. The Kier molecular flexibility index (Phi) is 8.48. The second-order valence-electron chi connectivity index (χ2n) is 11.5. The summed E-state index contributed by atoms with van der Waals surface area (Å²) in [4.78, 5) is 44.6. The molecule has 3 amide bonds. The van der Waals surface area contributed by atoms with Gasteiger partial charge in [-0.05, 0) is 68.9 Å². The summed E-state index contributed by atoms with van der Waals surface area (Å²) in [6, 6.07) is 9.04. The van der Waals surface area contributed by atoms with Crippen molar-refractivity contribution in [2.45, 2.75) is 75.5 Å². The van der Waals surface area contributed by atoms with Crippen LogP contribution in [0, 0.1) is 0 Å². The van der Waals surface area contributed by atoms with Crippen molar-refractivity contribution >= 4 is 39.1 Å². The standard InChI is InChI=1S/C29H38N6O5S/c1-41(39,40)13-12-31-25-14-18(6-10-24(25)27(30)36)28(37)34-21-15-22-8-9-23(16-21)35(22)26-11-7-19(17-32-26)29(38)33-20-4-2-3-5-20/h6-7,10-11,14,17,20-23,31H,2-5,8-9,12-13,15-16H2,1H3,(H2,30,36)(H,33,38)(H,34,37). The Labute approximate surface area is 240 Å². The third kappa shape index (κ3) is 6.98. The van der Waals surface area contributed by atoms with Crippen LogP contribution in [0.15, 0.2) is 36.5 Å². The number of aromatic nitrogens is 1. The fourth-order valence-electron chi connectivity index (χ4n) is 6.37. The smallest absolute Gasteiger partial charge is 0.253 e. The summed E-state index contributed by atoms with van der Waals surface area (Å²) in [6.45, 7) is 0.0895. The molecule has 11 nitrogen and oxygen atoms in total. The van der Waals surface area contributed by atoms with E-state index in [1.165, 1.54) is 12.1 Å². The summed E-state index contributed by atoms with van der Waals surface area (Å²) < 4.78 is 23.0. The molecule has 1 aliphatic carbocycles. The molecule has 3 heterocycles. The van der Waals surface area contributed by atoms with Crippen molar-refractivity contribution in [3.05, 3.63) is 53.2 Å². The van der Waals surface area contributed by atoms with E-state index in [2.05, 4.69) is 25.8 Å². The Morgan fingerprint density at radius 3 is 2.17 bits per heavy atom. The molecule has 3 fully saturated rings. The van der Waals surface area contributed by atoms with Gasteiger partial charge in [-0.3, -0.25) is 14.4 Å². The fraction of sp³-hybridized carbons (Fsp3) is 0.517. The monoisotopic (exact) mass is 582 g/mol. The number of nitrogens with one attached hydrogen (secondary N) is 3. The third-order valence-electron chi connectivity index (χ3n) is 8.37. The molecular formula is C29H38N6O5S. The first-order chi connectivity index (χ1) is 19.6. The second kappa shape index (κ2) is 12.1. The first kappa shape index (κ1) is 28.8. The lowest BCUT2D eigenvalue weighted by atomic mass is 9.96. The minimum atomic E-state index is -3.20. The number of fused-ring (bicyclic) bond motifs is 2. The molecule has 220 valence electrons. The Morgan fingerprint density at radius 1 is 0.927 bits per heavy atom. The van der Waals surface area contributed by atoms with Crippen LogP contribution in [-0.4, -0.2) is 73.8 Å². The highest BCUT2D eigenvalue weighted by molar-refractivity contribution is 7.90. The molecule has 2 aliphatic heterocycles. The van der Waals surface area contributed by atoms with Gasteiger partial charge >= 0.3 is 0 Å². The first-order valence-electron chi connectivity index (χ1n) is 14.3. The number of carbonyl (C=O) groups is 3. The summed E-state index contributed by atoms with van der Waals surface area (Å²) in [5, 5.41) is 9.18. The molecule has 2 unspecified atom stereocenters. The molecule has 5 rings (SSSR count). The Bertz CT molecular complexity index is 1390. The number of hydrogen-bond acceptors (Lipinski definition) is 8. The van der Waals surface area contributed by atoms with Crippen molar-refractivity contribution in [2.24, 2.45) is 5.73 Å². The van der Waals surface area contributed by atoms with Gasteiger partial charge in [0.05, 0.1) is 16.9 Å². The van der Waals surface area contributed by atoms with E-state index in [0.717, 1.165) is 63.4 Å². The van der Waals surface area contributed by atoms with Crippen LogP contribution in [0.2, 0.25) is 0 Å². The van der Waals surface area contributed by atoms with Gasteiger partial charge in [-0.2, -0.15) is 0 Å². The van der Waals surface area contributed by atoms with Gasteiger partial charge in [0, 0.05) is 54.4 Å². The first-order valence-corrected chi connectivity index (χ1v) is 16.3. The fourth-order valence-corrected chi connectivity index (χ4v) is 6.84. The van der Waals surface area contributed by atoms with E-state index >= 15 is 0 Å². The lowest BCUT2D eigenvalue weighted by Crippen LogP contribution is -2.50. The zero-order valence-corrected chi connectivity index (χ0v) is 24.1. The predicted octanol–water partition coefficient (Wildman–Crippen LogP) is 2.24. The average Bonchev–Trinajstić information content (AvgIpc) is 3.53. The summed E-state index contributed by atoms with van der Waals surface area (Å²) in [5.74, 6) is -0.266. The zero-order chi connectivity index (χ0) is 29.1. The van der Waals surface area contributed by atoms with Gasteiger partial charge in [-0.15, -0.1) is 0 Å². The van der Waals surface area contributed by atoms with Gasteiger partial charge in [-0.1, -0.05) is 12.8 Å². The number of piperidine rings is 1. The van der Waals surface area contributed by atoms with Gasteiger partial charge in [0.25, 0.3) is 17.7 Å². The highest BCUT2D eigenvalue weighted by atomic mass is 32.2. The molecular weight excluding hydrogens is 544 g/mol. The predicted molar refractivity (Wildman–Crippen MR) is 157 cm³/mol. The molecule has 5 N–H and O–H groups in total. The summed E-state index contributed by atoms with van der Waals surface area (Å²) in [7, 11) is -3.20. The van der Waals surface area contributed by atoms with Crippen molar-refractivity contribution < 1.29 is 22.8 Å². The molecule has 12 heteroatoms. The van der Waals surface area contributed by atoms with Crippen LogP contribution in [0.3, 0.4) is 0 Å². The number of nitrogens with zero attached hydrogens (tertiary/aromatic N) is 2. The number of benzene rings is 1. The van der Waals surface area contributed by atoms with Gasteiger partial charge in [-0.25, -0.2) is 13.4 Å². The van der Waals surface area contributed by atoms with E-state index in [1.54, 1.807) is 12.3 Å². The molecule has 2 atom stereocenters. The average molecular weight is 583 g/mol. The molecule has 2 bridgehead atoms. The van der Waals surface area contributed by atoms with Crippen LogP contribution in [0.25, 0.3) is 0 Å². The van der Waals surface area contributed by atoms with Crippen LogP contribution in [0.4, 0.5) is 11.5 Å². The Hall–Kier alpha value is -3.67. The topological polar surface area (TPSA) is 164 Å². The van der Waals surface area contributed by atoms with E-state index in [-0.39, 0.29) is 53.8 Å². The number of primary amides is 1. The molecule has 0 spiro atoms. The van der Waals surface area contributed by atoms with Gasteiger partial charge in [0.1, 0.15) is 15.7 Å². The van der Waals surface area contributed by atoms with E-state index in [4.69, 9.17) is 5.73 Å². The van der Waals surface area contributed by atoms with Gasteiger partial charge in [0.15, 0.2) is 0 Å². The van der Waals surface area contributed by atoms with Crippen LogP contribution in [0.1, 0.15) is 82.4 Å². The van der Waals surface area contributed by atoms with E-state index in [1.807, 2.05) is 12.1 Å². The number of nitrogens with two attached hydrogens (primary N) is 1. The number of rotatable bonds is 10. The van der Waals surface area contributed by atoms with Crippen molar-refractivity contribution in [2.75, 3.05) is 28.8 Å². The largest absolute Gasteiger partial charge is 0.383 e. The molecule has 0 radical (unpaired) electrons. The Balaban J connectivity index is 1.20. The minimum absolute atomic E-state index is 0.0230. The van der Waals surface area contributed by atoms with Gasteiger partial charge in [0.2, 0.25) is 0 Å². The molecule has 3 aliphatic rings. The maximum Gasteiger partial charge on any atom is 0.253 e. The van der Waals surface area contributed by atoms with E-state index < -0.39 is 15.7 Å². The quantitative estimate of drug-likeness (QED) is 0.331. The number of hydrogen-bond donors (Lipinski definition) is 4. The molecule has 2 saturated heterocycles. The zero-order valence-electron chi connectivity index (χ0n) is 23.3. The number of amides is 3. The van der Waals surface area contributed by atoms with Crippen molar-refractivity contribution in [1.29, 1.82) is 0 Å². The van der Waals surface area contributed by atoms with E-state index in [0.29, 0.717) is 16.8 Å². The number of carbonyl (C=O) groups excluding carboxylic acids is 3. The number of pyridine rings is 1. The molecule has 1 aromatic heterocycles. The molecule has 2 aromatic rings. The van der Waals surface area contributed by atoms with E-state index in [9.17, 15) is 22.8 Å². The van der Waals surface area contributed by atoms with Crippen molar-refractivity contribution in [3.63, 3.8) is 0 Å². The van der Waals surface area contributed by atoms with Crippen LogP contribution >= 0.6 is 0 Å². The minimum Gasteiger partial charge on any atom is -0.383 e. The van der Waals surface area contributed by atoms with Crippen LogP contribution in [0.5, 0.6) is 0 Å². The molecule has 1 saturated carbocycles. The molecule has 1 aromatic carbocycles. The second-order valence-corrected chi connectivity index (χ2v) is 13.7. The lowest BCUT2D eigenvalue weighted by Gasteiger charge is -2.40. The maximum absolute atomic E-state index is 13.2. The maximum atomic E-state index is 13.2. The SMILES string of the molecule is CS(=O)(=O)CCNc1cc(C(=O)NC2CC3CCC(C2)N3c2ccc(C(=O)NC3CCCC3)cn2)ccc1C(N)=O. The van der Waals surface area contributed by atoms with Crippen molar-refractivity contribution in [1.82, 2.24) is 15.6 Å². The summed E-state index contributed by atoms with van der Waals surface area (Å²) >= 11 is 0. The number of anilines is 2. The summed E-state index contributed by atoms with van der Waals surface area (Å²) in [6.07, 6.45) is 10.7. The van der Waals surface area contributed by atoms with Crippen molar-refractivity contribution in [3.8, 4) is 0 Å². The lowest BCUT2D eigenvalue weighted by molar-refractivity contribution is 0.0922. The summed E-state index contributed by atoms with van der Waals surface area (Å²) in [5.41, 5.74) is 6.93. The normalized spacial score (nSPS) is 22.4. The highest BCUT2D eigenvalue weighted by Crippen LogP contribution is 2.38. The highest BCUT2D eigenvalue weighted by Gasteiger charge is 2.42. The van der Waals surface area contributed by atoms with Crippen LogP contribution in [-0.2, 0) is 9.84 Å². The van der Waals surface area contributed by atoms with Crippen LogP contribution < -0.4 is 26.6 Å². The molecule has 41 heavy (non-hydrogen) atoms. The third-order valence-corrected chi connectivity index (χ3v) is 9.31.